The highest BCUT2D eigenvalue weighted by molar-refractivity contribution is 8.00. The number of hydrogen-bond donors (Lipinski definition) is 2. The summed E-state index contributed by atoms with van der Waals surface area (Å²) >= 11 is 4.25. The second-order valence-corrected chi connectivity index (χ2v) is 10.3. The maximum Gasteiger partial charge on any atom is 0.265 e. The van der Waals surface area contributed by atoms with Crippen molar-refractivity contribution in [3.05, 3.63) is 76.3 Å². The molecule has 0 radical (unpaired) electrons. The molecular weight excluding hydrogens is 486 g/mol. The lowest BCUT2D eigenvalue weighted by Gasteiger charge is -2.14. The number of carbonyl (C=O) groups excluding carboxylic acids is 2. The number of thiophene rings is 1. The molecule has 0 fully saturated rings. The molecule has 6 nitrogen and oxygen atoms in total. The summed E-state index contributed by atoms with van der Waals surface area (Å²) < 4.78 is 5.28. The first-order valence-electron chi connectivity index (χ1n) is 10.6. The molecule has 4 rings (SSSR count). The van der Waals surface area contributed by atoms with E-state index in [0.717, 1.165) is 21.9 Å². The number of benzene rings is 2. The van der Waals surface area contributed by atoms with Gasteiger partial charge in [0.05, 0.1) is 22.9 Å². The molecule has 2 amide bonds. The molecule has 0 saturated carbocycles. The molecule has 0 aliphatic carbocycles. The number of thiazole rings is 1. The van der Waals surface area contributed by atoms with E-state index in [1.807, 2.05) is 72.3 Å². The number of nitrogens with zero attached hydrogens (tertiary/aromatic N) is 1. The fourth-order valence-corrected chi connectivity index (χ4v) is 5.52. The van der Waals surface area contributed by atoms with Gasteiger partial charge in [-0.15, -0.1) is 34.4 Å². The van der Waals surface area contributed by atoms with Crippen LogP contribution in [0.2, 0.25) is 0 Å². The topological polar surface area (TPSA) is 80.3 Å². The van der Waals surface area contributed by atoms with Crippen LogP contribution in [0.4, 0.5) is 10.8 Å². The third-order valence-corrected chi connectivity index (χ3v) is 7.86. The molecule has 1 atom stereocenters. The molecule has 2 aromatic carbocycles. The SMILES string of the molecule is CCC(Sc1cccc(NC(=O)c2cccs2)c1)C(=O)Nc1nc(-c2cccc(OC)c2)cs1. The maximum absolute atomic E-state index is 13.0. The molecule has 0 aliphatic heterocycles. The van der Waals surface area contributed by atoms with E-state index in [1.54, 1.807) is 13.2 Å². The Morgan fingerprint density at radius 1 is 1.06 bits per heavy atom. The molecular formula is C25H23N3O3S3. The van der Waals surface area contributed by atoms with Gasteiger partial charge in [0.15, 0.2) is 5.13 Å². The van der Waals surface area contributed by atoms with E-state index in [4.69, 9.17) is 4.74 Å². The van der Waals surface area contributed by atoms with E-state index in [1.165, 1.54) is 34.4 Å². The smallest absolute Gasteiger partial charge is 0.265 e. The van der Waals surface area contributed by atoms with Gasteiger partial charge in [0.2, 0.25) is 5.91 Å². The summed E-state index contributed by atoms with van der Waals surface area (Å²) in [5, 5.41) is 9.90. The van der Waals surface area contributed by atoms with Crippen molar-refractivity contribution in [1.29, 1.82) is 0 Å². The number of carbonyl (C=O) groups is 2. The second kappa shape index (κ2) is 11.3. The van der Waals surface area contributed by atoms with Crippen LogP contribution in [-0.4, -0.2) is 29.2 Å². The molecule has 0 saturated heterocycles. The van der Waals surface area contributed by atoms with Crippen LogP contribution in [0.5, 0.6) is 5.75 Å². The molecule has 34 heavy (non-hydrogen) atoms. The van der Waals surface area contributed by atoms with Crippen molar-refractivity contribution in [3.63, 3.8) is 0 Å². The van der Waals surface area contributed by atoms with Crippen LogP contribution >= 0.6 is 34.4 Å². The van der Waals surface area contributed by atoms with Gasteiger partial charge in [-0.05, 0) is 48.2 Å². The summed E-state index contributed by atoms with van der Waals surface area (Å²) in [6.45, 7) is 1.98. The highest BCUT2D eigenvalue weighted by Gasteiger charge is 2.20. The van der Waals surface area contributed by atoms with Crippen molar-refractivity contribution in [2.45, 2.75) is 23.5 Å². The Morgan fingerprint density at radius 3 is 2.68 bits per heavy atom. The predicted octanol–water partition coefficient (Wildman–Crippen LogP) is 6.64. The molecule has 4 aromatic rings. The summed E-state index contributed by atoms with van der Waals surface area (Å²) in [5.74, 6) is 0.511. The molecule has 9 heteroatoms. The number of hydrogen-bond acceptors (Lipinski definition) is 7. The highest BCUT2D eigenvalue weighted by atomic mass is 32.2. The molecule has 2 heterocycles. The van der Waals surface area contributed by atoms with Crippen LogP contribution in [0, 0.1) is 0 Å². The standard InChI is InChI=1S/C25H23N3O3S3/c1-3-21(34-19-10-5-8-17(14-19)26-24(30)22-11-6-12-32-22)23(29)28-25-27-20(15-33-25)16-7-4-9-18(13-16)31-2/h4-15,21H,3H2,1-2H3,(H,26,30)(H,27,28,29). The number of anilines is 2. The Morgan fingerprint density at radius 2 is 1.91 bits per heavy atom. The lowest BCUT2D eigenvalue weighted by Crippen LogP contribution is -2.24. The fraction of sp³-hybridized carbons (Fsp3) is 0.160. The Hall–Kier alpha value is -3.14. The summed E-state index contributed by atoms with van der Waals surface area (Å²) in [4.78, 5) is 31.4. The van der Waals surface area contributed by atoms with E-state index in [0.29, 0.717) is 22.1 Å². The molecule has 1 unspecified atom stereocenters. The zero-order chi connectivity index (χ0) is 23.9. The van der Waals surface area contributed by atoms with Gasteiger partial charge in [-0.2, -0.15) is 0 Å². The average Bonchev–Trinajstić information content (AvgIpc) is 3.55. The minimum atomic E-state index is -0.299. The minimum absolute atomic E-state index is 0.105. The lowest BCUT2D eigenvalue weighted by atomic mass is 10.2. The first-order chi connectivity index (χ1) is 16.6. The Balaban J connectivity index is 1.40. The van der Waals surface area contributed by atoms with Crippen LogP contribution < -0.4 is 15.4 Å². The van der Waals surface area contributed by atoms with Crippen molar-refractivity contribution in [1.82, 2.24) is 4.98 Å². The fourth-order valence-electron chi connectivity index (χ4n) is 3.17. The molecule has 0 bridgehead atoms. The first-order valence-corrected chi connectivity index (χ1v) is 13.2. The predicted molar refractivity (Wildman–Crippen MR) is 141 cm³/mol. The van der Waals surface area contributed by atoms with E-state index >= 15 is 0 Å². The maximum atomic E-state index is 13.0. The van der Waals surface area contributed by atoms with E-state index in [9.17, 15) is 9.59 Å². The van der Waals surface area contributed by atoms with Gasteiger partial charge in [-0.1, -0.05) is 31.2 Å². The van der Waals surface area contributed by atoms with Gasteiger partial charge in [0.1, 0.15) is 5.75 Å². The number of nitrogens with one attached hydrogen (secondary N) is 2. The normalized spacial score (nSPS) is 11.6. The quantitative estimate of drug-likeness (QED) is 0.247. The van der Waals surface area contributed by atoms with Gasteiger partial charge in [-0.25, -0.2) is 4.98 Å². The van der Waals surface area contributed by atoms with Crippen LogP contribution in [0.25, 0.3) is 11.3 Å². The number of methoxy groups -OCH3 is 1. The van der Waals surface area contributed by atoms with Gasteiger partial charge in [0.25, 0.3) is 5.91 Å². The van der Waals surface area contributed by atoms with Crippen LogP contribution in [0.15, 0.2) is 76.3 Å². The van der Waals surface area contributed by atoms with Crippen molar-refractivity contribution in [2.24, 2.45) is 0 Å². The largest absolute Gasteiger partial charge is 0.497 e. The van der Waals surface area contributed by atoms with Crippen molar-refractivity contribution in [3.8, 4) is 17.0 Å². The highest BCUT2D eigenvalue weighted by Crippen LogP contribution is 2.31. The number of thioether (sulfide) groups is 1. The Kier molecular flexibility index (Phi) is 7.99. The summed E-state index contributed by atoms with van der Waals surface area (Å²) in [6, 6.07) is 18.8. The van der Waals surface area contributed by atoms with Gasteiger partial charge >= 0.3 is 0 Å². The molecule has 0 spiro atoms. The van der Waals surface area contributed by atoms with Gasteiger partial charge in [0, 0.05) is 21.5 Å². The second-order valence-electron chi connectivity index (χ2n) is 7.23. The van der Waals surface area contributed by atoms with Gasteiger partial charge in [-0.3, -0.25) is 9.59 Å². The number of ether oxygens (including phenoxy) is 1. The van der Waals surface area contributed by atoms with Gasteiger partial charge < -0.3 is 15.4 Å². The van der Waals surface area contributed by atoms with Crippen molar-refractivity contribution >= 4 is 57.1 Å². The number of rotatable bonds is 9. The number of amides is 2. The number of aromatic nitrogens is 1. The average molecular weight is 510 g/mol. The zero-order valence-electron chi connectivity index (χ0n) is 18.6. The zero-order valence-corrected chi connectivity index (χ0v) is 21.1. The molecule has 2 N–H and O–H groups in total. The molecule has 0 aliphatic rings. The van der Waals surface area contributed by atoms with Crippen molar-refractivity contribution < 1.29 is 14.3 Å². The Bertz CT molecular complexity index is 1270. The summed E-state index contributed by atoms with van der Waals surface area (Å²) in [7, 11) is 1.63. The minimum Gasteiger partial charge on any atom is -0.497 e. The van der Waals surface area contributed by atoms with Crippen LogP contribution in [0.1, 0.15) is 23.0 Å². The molecule has 2 aromatic heterocycles. The molecule has 174 valence electrons. The van der Waals surface area contributed by atoms with Crippen LogP contribution in [-0.2, 0) is 4.79 Å². The lowest BCUT2D eigenvalue weighted by molar-refractivity contribution is -0.115. The third-order valence-electron chi connectivity index (χ3n) is 4.88. The third kappa shape index (κ3) is 6.05. The van der Waals surface area contributed by atoms with E-state index < -0.39 is 0 Å². The first kappa shape index (κ1) is 24.0. The summed E-state index contributed by atoms with van der Waals surface area (Å²) in [5.41, 5.74) is 2.41. The van der Waals surface area contributed by atoms with E-state index in [2.05, 4.69) is 15.6 Å². The van der Waals surface area contributed by atoms with Crippen molar-refractivity contribution in [2.75, 3.05) is 17.7 Å². The summed E-state index contributed by atoms with van der Waals surface area (Å²) in [6.07, 6.45) is 0.649. The Labute approximate surface area is 210 Å². The monoisotopic (exact) mass is 509 g/mol. The van der Waals surface area contributed by atoms with E-state index in [-0.39, 0.29) is 17.1 Å². The van der Waals surface area contributed by atoms with Crippen LogP contribution in [0.3, 0.4) is 0 Å².